The average Bonchev–Trinajstić information content (AvgIpc) is 3.38. The first-order valence-corrected chi connectivity index (χ1v) is 10.2. The van der Waals surface area contributed by atoms with Crippen molar-refractivity contribution < 1.29 is 9.21 Å². The zero-order chi connectivity index (χ0) is 18.6. The van der Waals surface area contributed by atoms with E-state index in [-0.39, 0.29) is 5.91 Å². The van der Waals surface area contributed by atoms with Gasteiger partial charge in [-0.3, -0.25) is 4.79 Å². The summed E-state index contributed by atoms with van der Waals surface area (Å²) >= 11 is 1.68. The number of aromatic nitrogens is 1. The van der Waals surface area contributed by atoms with Crippen molar-refractivity contribution in [2.45, 2.75) is 19.8 Å². The van der Waals surface area contributed by atoms with E-state index in [0.717, 1.165) is 43.9 Å². The Morgan fingerprint density at radius 2 is 1.93 bits per heavy atom. The molecule has 0 aliphatic carbocycles. The molecule has 5 nitrogen and oxygen atoms in total. The van der Waals surface area contributed by atoms with Crippen LogP contribution in [0, 0.1) is 6.92 Å². The molecule has 140 valence electrons. The summed E-state index contributed by atoms with van der Waals surface area (Å²) in [5.41, 5.74) is 3.47. The highest BCUT2D eigenvalue weighted by Crippen LogP contribution is 2.24. The first kappa shape index (κ1) is 17.8. The van der Waals surface area contributed by atoms with E-state index in [4.69, 9.17) is 4.42 Å². The maximum absolute atomic E-state index is 12.4. The second-order valence-electron chi connectivity index (χ2n) is 6.79. The van der Waals surface area contributed by atoms with Crippen LogP contribution in [-0.2, 0) is 11.2 Å². The number of oxazole rings is 1. The zero-order valence-electron chi connectivity index (χ0n) is 15.4. The van der Waals surface area contributed by atoms with Crippen molar-refractivity contribution in [3.05, 3.63) is 58.7 Å². The van der Waals surface area contributed by atoms with Crippen LogP contribution in [0.5, 0.6) is 0 Å². The Balaban J connectivity index is 1.30. The normalized spacial score (nSPS) is 14.6. The molecular weight excluding hydrogens is 358 g/mol. The van der Waals surface area contributed by atoms with Gasteiger partial charge in [0.1, 0.15) is 0 Å². The number of amides is 1. The van der Waals surface area contributed by atoms with Crippen LogP contribution < -0.4 is 4.90 Å². The number of nitrogens with zero attached hydrogens (tertiary/aromatic N) is 3. The van der Waals surface area contributed by atoms with Gasteiger partial charge in [-0.1, -0.05) is 0 Å². The highest BCUT2D eigenvalue weighted by molar-refractivity contribution is 7.07. The summed E-state index contributed by atoms with van der Waals surface area (Å²) in [7, 11) is 0. The summed E-state index contributed by atoms with van der Waals surface area (Å²) in [5.74, 6) is 1.73. The number of rotatable bonds is 5. The van der Waals surface area contributed by atoms with Gasteiger partial charge in [0.25, 0.3) is 0 Å². The minimum Gasteiger partial charge on any atom is -0.441 e. The van der Waals surface area contributed by atoms with Gasteiger partial charge in [-0.2, -0.15) is 11.3 Å². The summed E-state index contributed by atoms with van der Waals surface area (Å²) in [5, 5.41) is 4.18. The Labute approximate surface area is 163 Å². The van der Waals surface area contributed by atoms with Crippen molar-refractivity contribution in [2.24, 2.45) is 0 Å². The molecule has 0 N–H and O–H groups in total. The van der Waals surface area contributed by atoms with Crippen LogP contribution >= 0.6 is 11.3 Å². The lowest BCUT2D eigenvalue weighted by molar-refractivity contribution is -0.131. The maximum atomic E-state index is 12.4. The number of benzene rings is 1. The molecule has 3 heterocycles. The van der Waals surface area contributed by atoms with Crippen molar-refractivity contribution in [3.8, 4) is 11.3 Å². The molecule has 1 aliphatic rings. The molecule has 6 heteroatoms. The highest BCUT2D eigenvalue weighted by Gasteiger charge is 2.21. The lowest BCUT2D eigenvalue weighted by Crippen LogP contribution is -2.48. The molecule has 1 aliphatic heterocycles. The Hall–Kier alpha value is -2.60. The third kappa shape index (κ3) is 4.22. The Morgan fingerprint density at radius 1 is 1.15 bits per heavy atom. The van der Waals surface area contributed by atoms with E-state index >= 15 is 0 Å². The first-order chi connectivity index (χ1) is 13.2. The Kier molecular flexibility index (Phi) is 5.25. The molecule has 0 bridgehead atoms. The van der Waals surface area contributed by atoms with Gasteiger partial charge in [-0.25, -0.2) is 4.98 Å². The molecule has 0 unspecified atom stereocenters. The Bertz CT molecular complexity index is 879. The monoisotopic (exact) mass is 381 g/mol. The smallest absolute Gasteiger partial charge is 0.223 e. The van der Waals surface area contributed by atoms with Gasteiger partial charge in [-0.15, -0.1) is 0 Å². The topological polar surface area (TPSA) is 49.6 Å². The molecule has 1 amide bonds. The van der Waals surface area contributed by atoms with Crippen LogP contribution in [0.3, 0.4) is 0 Å². The molecule has 1 saturated heterocycles. The van der Waals surface area contributed by atoms with E-state index in [1.807, 2.05) is 11.8 Å². The largest absolute Gasteiger partial charge is 0.441 e. The minimum absolute atomic E-state index is 0.261. The summed E-state index contributed by atoms with van der Waals surface area (Å²) in [6, 6.07) is 10.4. The number of hydrogen-bond donors (Lipinski definition) is 0. The zero-order valence-corrected chi connectivity index (χ0v) is 16.2. The fourth-order valence-electron chi connectivity index (χ4n) is 3.39. The van der Waals surface area contributed by atoms with Crippen LogP contribution in [0.25, 0.3) is 11.3 Å². The third-order valence-corrected chi connectivity index (χ3v) is 5.71. The van der Waals surface area contributed by atoms with Gasteiger partial charge < -0.3 is 14.2 Å². The molecule has 2 aromatic heterocycles. The predicted molar refractivity (Wildman–Crippen MR) is 108 cm³/mol. The van der Waals surface area contributed by atoms with Crippen LogP contribution in [-0.4, -0.2) is 42.0 Å². The van der Waals surface area contributed by atoms with Crippen LogP contribution in [0.4, 0.5) is 5.69 Å². The van der Waals surface area contributed by atoms with Gasteiger partial charge in [0.15, 0.2) is 11.7 Å². The van der Waals surface area contributed by atoms with Gasteiger partial charge in [0, 0.05) is 50.8 Å². The highest BCUT2D eigenvalue weighted by atomic mass is 32.1. The lowest BCUT2D eigenvalue weighted by Gasteiger charge is -2.36. The second kappa shape index (κ2) is 7.96. The number of anilines is 1. The quantitative estimate of drug-likeness (QED) is 0.670. The molecule has 3 aromatic rings. The van der Waals surface area contributed by atoms with Crippen molar-refractivity contribution >= 4 is 22.9 Å². The number of piperazine rings is 1. The summed E-state index contributed by atoms with van der Waals surface area (Å²) < 4.78 is 5.58. The molecule has 1 aromatic carbocycles. The van der Waals surface area contributed by atoms with Gasteiger partial charge in [-0.05, 0) is 53.1 Å². The SMILES string of the molecule is Cc1ncc(-c2ccc(N3CCN(C(=O)CCc4ccsc4)CC3)cc2)o1. The molecular formula is C21H23N3O2S. The summed E-state index contributed by atoms with van der Waals surface area (Å²) in [6.07, 6.45) is 3.19. The third-order valence-electron chi connectivity index (χ3n) is 4.98. The lowest BCUT2D eigenvalue weighted by atomic mass is 10.1. The molecule has 0 spiro atoms. The van der Waals surface area contributed by atoms with E-state index in [9.17, 15) is 4.79 Å². The van der Waals surface area contributed by atoms with Crippen LogP contribution in [0.15, 0.2) is 51.7 Å². The van der Waals surface area contributed by atoms with Gasteiger partial charge in [0.05, 0.1) is 6.20 Å². The summed E-state index contributed by atoms with van der Waals surface area (Å²) in [4.78, 5) is 20.9. The van der Waals surface area contributed by atoms with Crippen molar-refractivity contribution in [1.29, 1.82) is 0 Å². The standard InChI is InChI=1S/C21H23N3O2S/c1-16-22-14-20(26-16)18-3-5-19(6-4-18)23-9-11-24(12-10-23)21(25)7-2-17-8-13-27-15-17/h3-6,8,13-15H,2,7,9-12H2,1H3. The van der Waals surface area contributed by atoms with E-state index < -0.39 is 0 Å². The predicted octanol–water partition coefficient (Wildman–Crippen LogP) is 3.99. The molecule has 27 heavy (non-hydrogen) atoms. The second-order valence-corrected chi connectivity index (χ2v) is 7.57. The number of hydrogen-bond acceptors (Lipinski definition) is 5. The van der Waals surface area contributed by atoms with E-state index in [2.05, 4.69) is 51.0 Å². The van der Waals surface area contributed by atoms with Crippen molar-refractivity contribution in [1.82, 2.24) is 9.88 Å². The Morgan fingerprint density at radius 3 is 2.56 bits per heavy atom. The fraction of sp³-hybridized carbons (Fsp3) is 0.333. The average molecular weight is 382 g/mol. The molecule has 0 saturated carbocycles. The minimum atomic E-state index is 0.261. The van der Waals surface area contributed by atoms with E-state index in [1.165, 1.54) is 11.3 Å². The number of carbonyl (C=O) groups is 1. The molecule has 4 rings (SSSR count). The maximum Gasteiger partial charge on any atom is 0.223 e. The molecule has 0 radical (unpaired) electrons. The molecule has 0 atom stereocenters. The van der Waals surface area contributed by atoms with Crippen molar-refractivity contribution in [3.63, 3.8) is 0 Å². The van der Waals surface area contributed by atoms with Crippen LogP contribution in [0.1, 0.15) is 17.9 Å². The van der Waals surface area contributed by atoms with Crippen LogP contribution in [0.2, 0.25) is 0 Å². The van der Waals surface area contributed by atoms with E-state index in [0.29, 0.717) is 12.3 Å². The van der Waals surface area contributed by atoms with Crippen molar-refractivity contribution in [2.75, 3.05) is 31.1 Å². The fourth-order valence-corrected chi connectivity index (χ4v) is 4.09. The number of carbonyl (C=O) groups excluding carboxylic acids is 1. The van der Waals surface area contributed by atoms with E-state index in [1.54, 1.807) is 17.5 Å². The number of thiophene rings is 1. The molecule has 1 fully saturated rings. The van der Waals surface area contributed by atoms with Gasteiger partial charge in [0.2, 0.25) is 5.91 Å². The van der Waals surface area contributed by atoms with Gasteiger partial charge >= 0.3 is 0 Å². The summed E-state index contributed by atoms with van der Waals surface area (Å²) in [6.45, 7) is 5.14. The first-order valence-electron chi connectivity index (χ1n) is 9.26. The number of aryl methyl sites for hydroxylation is 2.